The van der Waals surface area contributed by atoms with Crippen LogP contribution in [0.1, 0.15) is 12.1 Å². The third-order valence-electron chi connectivity index (χ3n) is 4.07. The highest BCUT2D eigenvalue weighted by Crippen LogP contribution is 2.35. The monoisotopic (exact) mass is 359 g/mol. The second-order valence-electron chi connectivity index (χ2n) is 5.88. The predicted octanol–water partition coefficient (Wildman–Crippen LogP) is 3.04. The first-order valence-electron chi connectivity index (χ1n) is 7.86. The molecule has 1 aromatic carbocycles. The minimum absolute atomic E-state index is 0.132. The van der Waals surface area contributed by atoms with Crippen molar-refractivity contribution in [1.29, 1.82) is 0 Å². The summed E-state index contributed by atoms with van der Waals surface area (Å²) in [5.74, 6) is 0.196. The van der Waals surface area contributed by atoms with Gasteiger partial charge in [0.25, 0.3) is 0 Å². The standard InChI is InChI=1S/C18H18ClN3O3/c1-11-4-3-5-16(20-11)21-18(24)12-8-17(23)22(10-12)14-9-13(19)6-7-15(14)25-2/h3-7,9,12H,8,10H2,1-2H3,(H,20,21,24)/t12-/m0/s1. The molecule has 130 valence electrons. The van der Waals surface area contributed by atoms with Crippen molar-refractivity contribution in [2.24, 2.45) is 5.92 Å². The van der Waals surface area contributed by atoms with E-state index in [1.54, 1.807) is 29.2 Å². The zero-order valence-electron chi connectivity index (χ0n) is 14.0. The van der Waals surface area contributed by atoms with Crippen molar-refractivity contribution in [1.82, 2.24) is 4.98 Å². The third-order valence-corrected chi connectivity index (χ3v) is 4.30. The number of anilines is 2. The van der Waals surface area contributed by atoms with Crippen LogP contribution in [0.5, 0.6) is 5.75 Å². The zero-order chi connectivity index (χ0) is 18.0. The Labute approximate surface area is 150 Å². The average Bonchev–Trinajstić information content (AvgIpc) is 2.96. The number of pyridine rings is 1. The summed E-state index contributed by atoms with van der Waals surface area (Å²) in [6.45, 7) is 2.12. The summed E-state index contributed by atoms with van der Waals surface area (Å²) in [5.41, 5.74) is 1.38. The lowest BCUT2D eigenvalue weighted by Crippen LogP contribution is -2.28. The molecular weight excluding hydrogens is 342 g/mol. The number of nitrogens with zero attached hydrogens (tertiary/aromatic N) is 2. The Balaban J connectivity index is 1.76. The molecule has 0 saturated carbocycles. The summed E-state index contributed by atoms with van der Waals surface area (Å²) >= 11 is 6.04. The second kappa shape index (κ2) is 7.11. The van der Waals surface area contributed by atoms with Crippen LogP contribution in [0.2, 0.25) is 5.02 Å². The fourth-order valence-corrected chi connectivity index (χ4v) is 3.00. The molecule has 25 heavy (non-hydrogen) atoms. The van der Waals surface area contributed by atoms with Gasteiger partial charge in [-0.3, -0.25) is 9.59 Å². The van der Waals surface area contributed by atoms with Crippen molar-refractivity contribution in [3.05, 3.63) is 47.1 Å². The topological polar surface area (TPSA) is 71.5 Å². The van der Waals surface area contributed by atoms with Crippen molar-refractivity contribution < 1.29 is 14.3 Å². The van der Waals surface area contributed by atoms with E-state index in [0.717, 1.165) is 5.69 Å². The molecule has 1 saturated heterocycles. The van der Waals surface area contributed by atoms with Gasteiger partial charge in [0.15, 0.2) is 0 Å². The Morgan fingerprint density at radius 2 is 2.16 bits per heavy atom. The Morgan fingerprint density at radius 3 is 2.88 bits per heavy atom. The summed E-state index contributed by atoms with van der Waals surface area (Å²) in [4.78, 5) is 30.7. The quantitative estimate of drug-likeness (QED) is 0.910. The van der Waals surface area contributed by atoms with E-state index < -0.39 is 5.92 Å². The fraction of sp³-hybridized carbons (Fsp3) is 0.278. The molecule has 2 aromatic rings. The molecule has 1 aliphatic heterocycles. The molecule has 0 spiro atoms. The fourth-order valence-electron chi connectivity index (χ4n) is 2.83. The van der Waals surface area contributed by atoms with Crippen LogP contribution >= 0.6 is 11.6 Å². The van der Waals surface area contributed by atoms with Crippen LogP contribution in [0, 0.1) is 12.8 Å². The van der Waals surface area contributed by atoms with E-state index in [2.05, 4.69) is 10.3 Å². The van der Waals surface area contributed by atoms with Gasteiger partial charge in [-0.1, -0.05) is 17.7 Å². The van der Waals surface area contributed by atoms with Crippen molar-refractivity contribution in [2.45, 2.75) is 13.3 Å². The predicted molar refractivity (Wildman–Crippen MR) is 96.1 cm³/mol. The molecular formula is C18H18ClN3O3. The third kappa shape index (κ3) is 3.74. The van der Waals surface area contributed by atoms with Crippen LogP contribution in [0.3, 0.4) is 0 Å². The molecule has 1 N–H and O–H groups in total. The maximum Gasteiger partial charge on any atom is 0.230 e. The van der Waals surface area contributed by atoms with Crippen molar-refractivity contribution in [3.63, 3.8) is 0 Å². The summed E-state index contributed by atoms with van der Waals surface area (Å²) in [5, 5.41) is 3.27. The van der Waals surface area contributed by atoms with Gasteiger partial charge in [-0.15, -0.1) is 0 Å². The molecule has 1 aromatic heterocycles. The summed E-state index contributed by atoms with van der Waals surface area (Å²) in [6.07, 6.45) is 0.132. The van der Waals surface area contributed by atoms with Crippen LogP contribution in [0.25, 0.3) is 0 Å². The molecule has 1 fully saturated rings. The van der Waals surface area contributed by atoms with E-state index in [0.29, 0.717) is 22.3 Å². The van der Waals surface area contributed by atoms with E-state index in [-0.39, 0.29) is 24.8 Å². The van der Waals surface area contributed by atoms with Gasteiger partial charge >= 0.3 is 0 Å². The van der Waals surface area contributed by atoms with Gasteiger partial charge in [0, 0.05) is 23.7 Å². The SMILES string of the molecule is COc1ccc(Cl)cc1N1C[C@@H](C(=O)Nc2cccc(C)n2)CC1=O. The van der Waals surface area contributed by atoms with Crippen molar-refractivity contribution in [3.8, 4) is 5.75 Å². The molecule has 1 aliphatic rings. The number of ether oxygens (including phenoxy) is 1. The first-order chi connectivity index (χ1) is 12.0. The number of nitrogens with one attached hydrogen (secondary N) is 1. The lowest BCUT2D eigenvalue weighted by atomic mass is 10.1. The number of amides is 2. The van der Waals surface area contributed by atoms with Crippen LogP contribution < -0.4 is 15.0 Å². The Kier molecular flexibility index (Phi) is 4.90. The molecule has 3 rings (SSSR count). The number of methoxy groups -OCH3 is 1. The maximum absolute atomic E-state index is 12.5. The highest BCUT2D eigenvalue weighted by atomic mass is 35.5. The van der Waals surface area contributed by atoms with Gasteiger partial charge in [0.2, 0.25) is 11.8 Å². The number of carbonyl (C=O) groups is 2. The van der Waals surface area contributed by atoms with Crippen LogP contribution in [-0.4, -0.2) is 30.5 Å². The van der Waals surface area contributed by atoms with Gasteiger partial charge in [-0.25, -0.2) is 4.98 Å². The van der Waals surface area contributed by atoms with Gasteiger partial charge in [0.1, 0.15) is 11.6 Å². The lowest BCUT2D eigenvalue weighted by molar-refractivity contribution is -0.122. The molecule has 0 bridgehead atoms. The van der Waals surface area contributed by atoms with Gasteiger partial charge in [0.05, 0.1) is 18.7 Å². The lowest BCUT2D eigenvalue weighted by Gasteiger charge is -2.19. The summed E-state index contributed by atoms with van der Waals surface area (Å²) in [6, 6.07) is 10.5. The van der Waals surface area contributed by atoms with Gasteiger partial charge in [-0.05, 0) is 37.3 Å². The average molecular weight is 360 g/mol. The smallest absolute Gasteiger partial charge is 0.230 e. The van der Waals surface area contributed by atoms with Crippen molar-refractivity contribution >= 4 is 34.9 Å². The van der Waals surface area contributed by atoms with E-state index in [1.807, 2.05) is 19.1 Å². The van der Waals surface area contributed by atoms with Gasteiger partial charge in [-0.2, -0.15) is 0 Å². The number of aryl methyl sites for hydroxylation is 1. The number of rotatable bonds is 4. The maximum atomic E-state index is 12.5. The first kappa shape index (κ1) is 17.2. The molecule has 0 unspecified atom stereocenters. The van der Waals surface area contributed by atoms with Crippen LogP contribution in [0.15, 0.2) is 36.4 Å². The molecule has 6 nitrogen and oxygen atoms in total. The number of hydrogen-bond donors (Lipinski definition) is 1. The summed E-state index contributed by atoms with van der Waals surface area (Å²) in [7, 11) is 1.53. The minimum atomic E-state index is -0.460. The van der Waals surface area contributed by atoms with E-state index >= 15 is 0 Å². The normalized spacial score (nSPS) is 16.8. The van der Waals surface area contributed by atoms with Gasteiger partial charge < -0.3 is 15.0 Å². The molecule has 2 heterocycles. The molecule has 1 atom stereocenters. The van der Waals surface area contributed by atoms with E-state index in [1.165, 1.54) is 7.11 Å². The second-order valence-corrected chi connectivity index (χ2v) is 6.31. The highest BCUT2D eigenvalue weighted by Gasteiger charge is 2.36. The first-order valence-corrected chi connectivity index (χ1v) is 8.24. The van der Waals surface area contributed by atoms with Crippen molar-refractivity contribution in [2.75, 3.05) is 23.9 Å². The van der Waals surface area contributed by atoms with E-state index in [4.69, 9.17) is 16.3 Å². The van der Waals surface area contributed by atoms with Crippen LogP contribution in [0.4, 0.5) is 11.5 Å². The molecule has 0 radical (unpaired) electrons. The molecule has 0 aliphatic carbocycles. The number of aromatic nitrogens is 1. The molecule has 2 amide bonds. The Bertz CT molecular complexity index is 825. The zero-order valence-corrected chi connectivity index (χ0v) is 14.7. The largest absolute Gasteiger partial charge is 0.495 e. The number of benzene rings is 1. The number of carbonyl (C=O) groups excluding carboxylic acids is 2. The summed E-state index contributed by atoms with van der Waals surface area (Å²) < 4.78 is 5.30. The number of halogens is 1. The highest BCUT2D eigenvalue weighted by molar-refractivity contribution is 6.31. The van der Waals surface area contributed by atoms with Crippen LogP contribution in [-0.2, 0) is 9.59 Å². The number of hydrogen-bond acceptors (Lipinski definition) is 4. The molecule has 7 heteroatoms. The minimum Gasteiger partial charge on any atom is -0.495 e. The Morgan fingerprint density at radius 1 is 1.36 bits per heavy atom. The van der Waals surface area contributed by atoms with E-state index in [9.17, 15) is 9.59 Å². The Hall–Kier alpha value is -2.60.